The third-order valence-electron chi connectivity index (χ3n) is 3.54. The van der Waals surface area contributed by atoms with Crippen molar-refractivity contribution in [2.24, 2.45) is 5.16 Å². The molecule has 5 nitrogen and oxygen atoms in total. The molecular formula is C14H20N2O3S. The molecule has 1 aromatic carbocycles. The molecule has 110 valence electrons. The van der Waals surface area contributed by atoms with Gasteiger partial charge in [0, 0.05) is 25.9 Å². The highest BCUT2D eigenvalue weighted by Gasteiger charge is 2.27. The summed E-state index contributed by atoms with van der Waals surface area (Å²) in [6.07, 6.45) is 2.98. The van der Waals surface area contributed by atoms with Gasteiger partial charge >= 0.3 is 0 Å². The van der Waals surface area contributed by atoms with Gasteiger partial charge in [-0.15, -0.1) is 0 Å². The Morgan fingerprint density at radius 2 is 1.80 bits per heavy atom. The summed E-state index contributed by atoms with van der Waals surface area (Å²) >= 11 is 0. The maximum absolute atomic E-state index is 12.5. The van der Waals surface area contributed by atoms with Crippen LogP contribution in [-0.2, 0) is 16.4 Å². The van der Waals surface area contributed by atoms with E-state index in [1.54, 1.807) is 12.1 Å². The summed E-state index contributed by atoms with van der Waals surface area (Å²) in [6.45, 7) is 2.84. The molecule has 1 aliphatic rings. The van der Waals surface area contributed by atoms with Gasteiger partial charge in [-0.05, 0) is 24.1 Å². The summed E-state index contributed by atoms with van der Waals surface area (Å²) in [6, 6.07) is 7.10. The van der Waals surface area contributed by atoms with Crippen molar-refractivity contribution in [3.05, 3.63) is 29.8 Å². The minimum absolute atomic E-state index is 0.335. The van der Waals surface area contributed by atoms with Crippen LogP contribution in [0.4, 0.5) is 0 Å². The number of oxime groups is 1. The second-order valence-corrected chi connectivity index (χ2v) is 6.90. The monoisotopic (exact) mass is 296 g/mol. The quantitative estimate of drug-likeness (QED) is 0.684. The Kier molecular flexibility index (Phi) is 4.77. The van der Waals surface area contributed by atoms with Gasteiger partial charge in [0.2, 0.25) is 10.0 Å². The van der Waals surface area contributed by atoms with Crippen molar-refractivity contribution in [2.45, 2.75) is 37.5 Å². The normalized spacial score (nSPS) is 17.1. The molecule has 1 fully saturated rings. The maximum Gasteiger partial charge on any atom is 0.243 e. The average Bonchev–Trinajstić information content (AvgIpc) is 2.48. The molecular weight excluding hydrogens is 276 g/mol. The number of benzene rings is 1. The first-order valence-corrected chi connectivity index (χ1v) is 8.31. The maximum atomic E-state index is 12.5. The fourth-order valence-corrected chi connectivity index (χ4v) is 3.79. The van der Waals surface area contributed by atoms with Gasteiger partial charge < -0.3 is 5.21 Å². The molecule has 0 bridgehead atoms. The zero-order chi connectivity index (χ0) is 14.6. The van der Waals surface area contributed by atoms with Crippen LogP contribution in [0.3, 0.4) is 0 Å². The van der Waals surface area contributed by atoms with Crippen LogP contribution < -0.4 is 0 Å². The van der Waals surface area contributed by atoms with Crippen molar-refractivity contribution >= 4 is 15.7 Å². The largest absolute Gasteiger partial charge is 0.411 e. The predicted molar refractivity (Wildman–Crippen MR) is 77.7 cm³/mol. The van der Waals surface area contributed by atoms with E-state index in [2.05, 4.69) is 12.1 Å². The van der Waals surface area contributed by atoms with Crippen molar-refractivity contribution in [1.29, 1.82) is 0 Å². The number of piperidine rings is 1. The third-order valence-corrected chi connectivity index (χ3v) is 5.45. The summed E-state index contributed by atoms with van der Waals surface area (Å²) in [4.78, 5) is 0.335. The Balaban J connectivity index is 2.14. The van der Waals surface area contributed by atoms with Gasteiger partial charge in [0.1, 0.15) is 0 Å². The fourth-order valence-electron chi connectivity index (χ4n) is 2.35. The zero-order valence-corrected chi connectivity index (χ0v) is 12.4. The van der Waals surface area contributed by atoms with Crippen LogP contribution in [-0.4, -0.2) is 36.7 Å². The van der Waals surface area contributed by atoms with E-state index >= 15 is 0 Å². The van der Waals surface area contributed by atoms with Gasteiger partial charge in [0.25, 0.3) is 0 Å². The highest BCUT2D eigenvalue weighted by atomic mass is 32.2. The third kappa shape index (κ3) is 3.19. The van der Waals surface area contributed by atoms with Crippen molar-refractivity contribution in [3.63, 3.8) is 0 Å². The van der Waals surface area contributed by atoms with E-state index in [1.807, 2.05) is 12.1 Å². The van der Waals surface area contributed by atoms with Crippen LogP contribution in [0.5, 0.6) is 0 Å². The highest BCUT2D eigenvalue weighted by Crippen LogP contribution is 2.20. The van der Waals surface area contributed by atoms with E-state index in [4.69, 9.17) is 5.21 Å². The van der Waals surface area contributed by atoms with Crippen LogP contribution in [0.15, 0.2) is 34.3 Å². The number of nitrogens with zero attached hydrogens (tertiary/aromatic N) is 2. The first kappa shape index (κ1) is 15.0. The Bertz CT molecular complexity index is 569. The van der Waals surface area contributed by atoms with Crippen LogP contribution in [0.2, 0.25) is 0 Å². The standard InChI is InChI=1S/C14H20N2O3S/c1-2-3-12-4-6-14(7-5-12)20(18,19)16-10-8-13(15-17)9-11-16/h4-7,17H,2-3,8-11H2,1H3. The van der Waals surface area contributed by atoms with E-state index in [1.165, 1.54) is 4.31 Å². The molecule has 1 heterocycles. The van der Waals surface area contributed by atoms with E-state index in [-0.39, 0.29) is 0 Å². The second kappa shape index (κ2) is 6.37. The SMILES string of the molecule is CCCc1ccc(S(=O)(=O)N2CCC(=NO)CC2)cc1. The van der Waals surface area contributed by atoms with Crippen molar-refractivity contribution in [1.82, 2.24) is 4.31 Å². The summed E-state index contributed by atoms with van der Waals surface area (Å²) < 4.78 is 26.4. The van der Waals surface area contributed by atoms with E-state index in [9.17, 15) is 8.42 Å². The molecule has 0 radical (unpaired) electrons. The first-order chi connectivity index (χ1) is 9.57. The Morgan fingerprint density at radius 3 is 2.30 bits per heavy atom. The summed E-state index contributed by atoms with van der Waals surface area (Å²) in [5.74, 6) is 0. The molecule has 1 aliphatic heterocycles. The van der Waals surface area contributed by atoms with Crippen LogP contribution in [0.1, 0.15) is 31.7 Å². The number of hydrogen-bond donors (Lipinski definition) is 1. The van der Waals surface area contributed by atoms with E-state index in [0.29, 0.717) is 36.5 Å². The molecule has 0 spiro atoms. The molecule has 0 amide bonds. The van der Waals surface area contributed by atoms with Crippen LogP contribution in [0, 0.1) is 0 Å². The zero-order valence-electron chi connectivity index (χ0n) is 11.6. The van der Waals surface area contributed by atoms with E-state index < -0.39 is 10.0 Å². The van der Waals surface area contributed by atoms with Crippen molar-refractivity contribution in [2.75, 3.05) is 13.1 Å². The van der Waals surface area contributed by atoms with E-state index in [0.717, 1.165) is 18.4 Å². The molecule has 0 aromatic heterocycles. The lowest BCUT2D eigenvalue weighted by Gasteiger charge is -2.26. The second-order valence-electron chi connectivity index (χ2n) is 4.96. The Labute approximate surface area is 120 Å². The molecule has 1 N–H and O–H groups in total. The molecule has 2 rings (SSSR count). The molecule has 0 unspecified atom stereocenters. The molecule has 0 saturated carbocycles. The minimum atomic E-state index is -3.43. The highest BCUT2D eigenvalue weighted by molar-refractivity contribution is 7.89. The lowest BCUT2D eigenvalue weighted by molar-refractivity contribution is 0.310. The molecule has 1 aromatic rings. The number of rotatable bonds is 4. The van der Waals surface area contributed by atoms with Crippen LogP contribution >= 0.6 is 0 Å². The molecule has 0 atom stereocenters. The molecule has 1 saturated heterocycles. The number of aryl methyl sites for hydroxylation is 1. The van der Waals surface area contributed by atoms with Gasteiger partial charge in [0.05, 0.1) is 10.6 Å². The van der Waals surface area contributed by atoms with Gasteiger partial charge in [-0.3, -0.25) is 0 Å². The average molecular weight is 296 g/mol. The number of hydrogen-bond acceptors (Lipinski definition) is 4. The van der Waals surface area contributed by atoms with Gasteiger partial charge in [0.15, 0.2) is 0 Å². The molecule has 0 aliphatic carbocycles. The summed E-state index contributed by atoms with van der Waals surface area (Å²) in [5, 5.41) is 11.9. The van der Waals surface area contributed by atoms with Gasteiger partial charge in [-0.25, -0.2) is 8.42 Å². The smallest absolute Gasteiger partial charge is 0.243 e. The topological polar surface area (TPSA) is 70.0 Å². The lowest BCUT2D eigenvalue weighted by Crippen LogP contribution is -2.38. The molecule has 20 heavy (non-hydrogen) atoms. The van der Waals surface area contributed by atoms with Gasteiger partial charge in [-0.2, -0.15) is 4.31 Å². The minimum Gasteiger partial charge on any atom is -0.411 e. The lowest BCUT2D eigenvalue weighted by atomic mass is 10.1. The predicted octanol–water partition coefficient (Wildman–Crippen LogP) is 2.25. The van der Waals surface area contributed by atoms with Gasteiger partial charge in [-0.1, -0.05) is 30.6 Å². The first-order valence-electron chi connectivity index (χ1n) is 6.87. The van der Waals surface area contributed by atoms with Crippen molar-refractivity contribution in [3.8, 4) is 0 Å². The summed E-state index contributed by atoms with van der Waals surface area (Å²) in [7, 11) is -3.43. The Morgan fingerprint density at radius 1 is 1.20 bits per heavy atom. The fraction of sp³-hybridized carbons (Fsp3) is 0.500. The summed E-state index contributed by atoms with van der Waals surface area (Å²) in [5.41, 5.74) is 1.81. The van der Waals surface area contributed by atoms with Crippen molar-refractivity contribution < 1.29 is 13.6 Å². The molecule has 6 heteroatoms. The number of sulfonamides is 1. The Hall–Kier alpha value is -1.40. The van der Waals surface area contributed by atoms with Crippen LogP contribution in [0.25, 0.3) is 0 Å².